The molecule has 1 aromatic heterocycles. The molecule has 1 spiro atoms. The highest BCUT2D eigenvalue weighted by molar-refractivity contribution is 8.01. The van der Waals surface area contributed by atoms with E-state index >= 15 is 0 Å². The van der Waals surface area contributed by atoms with Gasteiger partial charge in [-0.05, 0) is 49.2 Å². The second-order valence-corrected chi connectivity index (χ2v) is 11.2. The minimum absolute atomic E-state index is 0.0290. The lowest BCUT2D eigenvalue weighted by molar-refractivity contribution is 0.0699. The van der Waals surface area contributed by atoms with Gasteiger partial charge in [-0.3, -0.25) is 14.9 Å². The molecule has 1 fully saturated rings. The smallest absolute Gasteiger partial charge is 0.409 e. The molecule has 0 aliphatic carbocycles. The first-order valence-electron chi connectivity index (χ1n) is 11.0. The Balaban J connectivity index is 1.39. The molecule has 0 bridgehead atoms. The fourth-order valence-electron chi connectivity index (χ4n) is 4.72. The van der Waals surface area contributed by atoms with E-state index < -0.39 is 6.09 Å². The summed E-state index contributed by atoms with van der Waals surface area (Å²) in [6.07, 6.45) is 0.429. The van der Waals surface area contributed by atoms with Gasteiger partial charge in [0.15, 0.2) is 5.78 Å². The van der Waals surface area contributed by atoms with Gasteiger partial charge in [-0.15, -0.1) is 23.1 Å². The zero-order chi connectivity index (χ0) is 24.7. The first-order chi connectivity index (χ1) is 16.8. The van der Waals surface area contributed by atoms with Crippen LogP contribution in [-0.2, 0) is 0 Å². The van der Waals surface area contributed by atoms with Gasteiger partial charge in [0, 0.05) is 44.8 Å². The number of hydrogen-bond donors (Lipinski definition) is 2. The number of piperidine rings is 1. The topological polar surface area (TPSA) is 120 Å². The number of amides is 2. The summed E-state index contributed by atoms with van der Waals surface area (Å²) in [5, 5.41) is 21.8. The maximum atomic E-state index is 13.6. The number of Topliss-reactive ketones (excluding diaryl/α,β-unsaturated/α-hetero) is 1. The van der Waals surface area contributed by atoms with Gasteiger partial charge in [-0.25, -0.2) is 4.79 Å². The molecular formula is C25H21N3O5S2. The van der Waals surface area contributed by atoms with Crippen LogP contribution in [0, 0.1) is 11.3 Å². The van der Waals surface area contributed by atoms with E-state index in [0.717, 1.165) is 9.60 Å². The fourth-order valence-corrected chi connectivity index (χ4v) is 7.31. The standard InChI is InChI=1S/C25H21N3O5S2/c1-33-15-3-4-16-20(11-15)34-22(27-24(31)32)21(16)23(30)28-8-6-25(7-9-28)12-18(29)17-10-14(13-26)2-5-19(17)35-25/h2-5,10-11,27H,6-9,12H2,1H3,(H,31,32). The van der Waals surface area contributed by atoms with Crippen molar-refractivity contribution in [3.63, 3.8) is 0 Å². The van der Waals surface area contributed by atoms with E-state index in [9.17, 15) is 19.5 Å². The molecule has 1 saturated heterocycles. The number of thioether (sulfide) groups is 1. The first-order valence-corrected chi connectivity index (χ1v) is 12.6. The Labute approximate surface area is 209 Å². The van der Waals surface area contributed by atoms with E-state index in [1.807, 2.05) is 6.07 Å². The number of rotatable bonds is 3. The number of thiophene rings is 1. The lowest BCUT2D eigenvalue weighted by Crippen LogP contribution is -2.47. The van der Waals surface area contributed by atoms with Crippen molar-refractivity contribution >= 4 is 56.0 Å². The van der Waals surface area contributed by atoms with E-state index in [2.05, 4.69) is 11.4 Å². The number of likely N-dealkylation sites (tertiary alicyclic amines) is 1. The Morgan fingerprint density at radius 2 is 1.97 bits per heavy atom. The third kappa shape index (κ3) is 4.22. The molecule has 5 rings (SSSR count). The summed E-state index contributed by atoms with van der Waals surface area (Å²) in [6, 6.07) is 12.6. The number of ketones is 1. The Morgan fingerprint density at radius 3 is 2.66 bits per heavy atom. The van der Waals surface area contributed by atoms with Crippen LogP contribution < -0.4 is 10.1 Å². The van der Waals surface area contributed by atoms with Crippen LogP contribution in [0.4, 0.5) is 9.80 Å². The highest BCUT2D eigenvalue weighted by atomic mass is 32.2. The summed E-state index contributed by atoms with van der Waals surface area (Å²) in [6.45, 7) is 0.926. The van der Waals surface area contributed by atoms with Crippen LogP contribution in [0.2, 0.25) is 0 Å². The number of carbonyl (C=O) groups is 3. The van der Waals surface area contributed by atoms with Crippen LogP contribution in [0.15, 0.2) is 41.3 Å². The minimum Gasteiger partial charge on any atom is -0.497 e. The van der Waals surface area contributed by atoms with Crippen LogP contribution in [0.1, 0.15) is 45.5 Å². The zero-order valence-electron chi connectivity index (χ0n) is 18.8. The maximum Gasteiger partial charge on any atom is 0.409 e. The molecule has 2 aromatic carbocycles. The molecule has 3 heterocycles. The maximum absolute atomic E-state index is 13.6. The number of benzene rings is 2. The van der Waals surface area contributed by atoms with Crippen molar-refractivity contribution in [3.05, 3.63) is 53.1 Å². The molecule has 0 saturated carbocycles. The largest absolute Gasteiger partial charge is 0.497 e. The van der Waals surface area contributed by atoms with E-state index in [0.29, 0.717) is 60.2 Å². The molecule has 2 aliphatic heterocycles. The number of ether oxygens (including phenoxy) is 1. The molecule has 3 aromatic rings. The molecule has 178 valence electrons. The Hall–Kier alpha value is -3.55. The Morgan fingerprint density at radius 1 is 1.20 bits per heavy atom. The Bertz CT molecular complexity index is 1420. The number of carbonyl (C=O) groups excluding carboxylic acids is 2. The van der Waals surface area contributed by atoms with Crippen molar-refractivity contribution in [2.45, 2.75) is 28.9 Å². The number of anilines is 1. The van der Waals surface area contributed by atoms with E-state index in [1.165, 1.54) is 11.3 Å². The van der Waals surface area contributed by atoms with Crippen LogP contribution in [-0.4, -0.2) is 52.7 Å². The lowest BCUT2D eigenvalue weighted by Gasteiger charge is -2.43. The van der Waals surface area contributed by atoms with Crippen LogP contribution in [0.5, 0.6) is 5.75 Å². The normalized spacial score (nSPS) is 16.6. The molecular weight excluding hydrogens is 486 g/mol. The average molecular weight is 508 g/mol. The monoisotopic (exact) mass is 507 g/mol. The Kier molecular flexibility index (Phi) is 5.91. The van der Waals surface area contributed by atoms with Crippen molar-refractivity contribution in [1.29, 1.82) is 5.26 Å². The molecule has 2 amide bonds. The predicted octanol–water partition coefficient (Wildman–Crippen LogP) is 5.22. The number of fused-ring (bicyclic) bond motifs is 2. The second-order valence-electron chi connectivity index (χ2n) is 8.60. The van der Waals surface area contributed by atoms with Crippen LogP contribution in [0.25, 0.3) is 10.1 Å². The summed E-state index contributed by atoms with van der Waals surface area (Å²) in [5.41, 5.74) is 1.41. The van der Waals surface area contributed by atoms with Crippen LogP contribution in [0.3, 0.4) is 0 Å². The van der Waals surface area contributed by atoms with Crippen molar-refractivity contribution < 1.29 is 24.2 Å². The second kappa shape index (κ2) is 8.91. The summed E-state index contributed by atoms with van der Waals surface area (Å²) < 4.78 is 5.73. The van der Waals surface area contributed by atoms with Crippen LogP contribution >= 0.6 is 23.1 Å². The third-order valence-electron chi connectivity index (χ3n) is 6.51. The van der Waals surface area contributed by atoms with E-state index in [4.69, 9.17) is 10.00 Å². The van der Waals surface area contributed by atoms with E-state index in [-0.39, 0.29) is 21.4 Å². The van der Waals surface area contributed by atoms with E-state index in [1.54, 1.807) is 54.1 Å². The van der Waals surface area contributed by atoms with Gasteiger partial charge >= 0.3 is 6.09 Å². The number of hydrogen-bond acceptors (Lipinski definition) is 7. The molecule has 0 unspecified atom stereocenters. The van der Waals surface area contributed by atoms with Crippen molar-refractivity contribution in [1.82, 2.24) is 4.90 Å². The molecule has 8 nitrogen and oxygen atoms in total. The summed E-state index contributed by atoms with van der Waals surface area (Å²) >= 11 is 2.86. The highest BCUT2D eigenvalue weighted by Crippen LogP contribution is 2.49. The number of nitrogens with one attached hydrogen (secondary N) is 1. The predicted molar refractivity (Wildman–Crippen MR) is 134 cm³/mol. The molecule has 2 N–H and O–H groups in total. The number of carboxylic acid groups (broad SMARTS) is 1. The minimum atomic E-state index is -1.23. The van der Waals surface area contributed by atoms with Gasteiger partial charge in [0.05, 0.1) is 24.3 Å². The first kappa shape index (κ1) is 23.2. The fraction of sp³-hybridized carbons (Fsp3) is 0.280. The van der Waals surface area contributed by atoms with Crippen molar-refractivity contribution in [2.24, 2.45) is 0 Å². The zero-order valence-corrected chi connectivity index (χ0v) is 20.4. The third-order valence-corrected chi connectivity index (χ3v) is 9.14. The van der Waals surface area contributed by atoms with Gasteiger partial charge in [-0.1, -0.05) is 0 Å². The number of nitrogens with zero attached hydrogens (tertiary/aromatic N) is 2. The van der Waals surface area contributed by atoms with Crippen molar-refractivity contribution in [3.8, 4) is 11.8 Å². The summed E-state index contributed by atoms with van der Waals surface area (Å²) in [4.78, 5) is 40.5. The SMILES string of the molecule is COc1ccc2c(C(=O)N3CCC4(CC3)CC(=O)c3cc(C#N)ccc3S4)c(NC(=O)O)sc2c1. The van der Waals surface area contributed by atoms with Gasteiger partial charge in [0.2, 0.25) is 0 Å². The molecule has 2 aliphatic rings. The van der Waals surface area contributed by atoms with Gasteiger partial charge in [0.1, 0.15) is 10.8 Å². The lowest BCUT2D eigenvalue weighted by atomic mass is 9.87. The van der Waals surface area contributed by atoms with Crippen molar-refractivity contribution in [2.75, 3.05) is 25.5 Å². The summed E-state index contributed by atoms with van der Waals surface area (Å²) in [5.74, 6) is 0.424. The van der Waals surface area contributed by atoms with Gasteiger partial charge < -0.3 is 14.7 Å². The molecule has 0 radical (unpaired) electrons. The number of methoxy groups -OCH3 is 1. The molecule has 10 heteroatoms. The average Bonchev–Trinajstić information content (AvgIpc) is 3.20. The highest BCUT2D eigenvalue weighted by Gasteiger charge is 2.43. The number of nitriles is 1. The quantitative estimate of drug-likeness (QED) is 0.498. The summed E-state index contributed by atoms with van der Waals surface area (Å²) in [7, 11) is 1.55. The van der Waals surface area contributed by atoms with Gasteiger partial charge in [-0.2, -0.15) is 5.26 Å². The molecule has 0 atom stereocenters. The van der Waals surface area contributed by atoms with Gasteiger partial charge in [0.25, 0.3) is 5.91 Å². The molecule has 35 heavy (non-hydrogen) atoms.